The molecule has 0 aliphatic rings. The number of sulfonamides is 1. The highest BCUT2D eigenvalue weighted by molar-refractivity contribution is 7.89. The number of hydrogen-bond acceptors (Lipinski definition) is 3. The van der Waals surface area contributed by atoms with Crippen molar-refractivity contribution >= 4 is 38.9 Å². The molecule has 0 aliphatic carbocycles. The van der Waals surface area contributed by atoms with Crippen LogP contribution in [0.15, 0.2) is 17.0 Å². The van der Waals surface area contributed by atoms with Gasteiger partial charge in [0.15, 0.2) is 0 Å². The Morgan fingerprint density at radius 3 is 2.32 bits per heavy atom. The monoisotopic (exact) mass is 324 g/mol. The molecular weight excluding hydrogens is 307 g/mol. The van der Waals surface area contributed by atoms with E-state index in [1.807, 2.05) is 13.8 Å². The molecule has 0 saturated heterocycles. The zero-order valence-corrected chi connectivity index (χ0v) is 13.4. The Balaban J connectivity index is 3.08. The molecule has 0 bridgehead atoms. The molecule has 4 nitrogen and oxygen atoms in total. The fraction of sp³-hybridized carbons (Fsp3) is 0.500. The van der Waals surface area contributed by atoms with Gasteiger partial charge in [-0.1, -0.05) is 37.0 Å². The highest BCUT2D eigenvalue weighted by atomic mass is 35.5. The number of halogens is 2. The summed E-state index contributed by atoms with van der Waals surface area (Å²) in [6.07, 6.45) is 0.727. The first-order valence-corrected chi connectivity index (χ1v) is 8.14. The molecule has 1 aromatic rings. The summed E-state index contributed by atoms with van der Waals surface area (Å²) >= 11 is 11.7. The molecule has 0 aromatic heterocycles. The molecule has 0 fully saturated rings. The molecule has 0 amide bonds. The Bertz CT molecular complexity index is 536. The normalized spacial score (nSPS) is 13.8. The first kappa shape index (κ1) is 16.6. The lowest BCUT2D eigenvalue weighted by Gasteiger charge is -2.17. The summed E-state index contributed by atoms with van der Waals surface area (Å²) in [6.45, 7) is 5.85. The number of anilines is 1. The molecule has 0 spiro atoms. The van der Waals surface area contributed by atoms with Crippen molar-refractivity contribution in [3.63, 3.8) is 0 Å². The van der Waals surface area contributed by atoms with Crippen LogP contribution in [0.5, 0.6) is 0 Å². The van der Waals surface area contributed by atoms with Crippen LogP contribution in [0.3, 0.4) is 0 Å². The van der Waals surface area contributed by atoms with Crippen LogP contribution >= 0.6 is 23.2 Å². The third-order valence-corrected chi connectivity index (χ3v) is 4.82. The molecule has 0 radical (unpaired) electrons. The van der Waals surface area contributed by atoms with Gasteiger partial charge in [-0.2, -0.15) is 0 Å². The molecule has 3 N–H and O–H groups in total. The topological polar surface area (TPSA) is 72.2 Å². The van der Waals surface area contributed by atoms with Crippen molar-refractivity contribution in [3.8, 4) is 0 Å². The molecule has 1 rings (SSSR count). The average molecular weight is 325 g/mol. The lowest BCUT2D eigenvalue weighted by Crippen LogP contribution is -2.34. The maximum absolute atomic E-state index is 12.3. The molecule has 7 heteroatoms. The number of nitrogen functional groups attached to an aromatic ring is 1. The zero-order chi connectivity index (χ0) is 14.8. The van der Waals surface area contributed by atoms with Gasteiger partial charge in [0.25, 0.3) is 0 Å². The van der Waals surface area contributed by atoms with E-state index in [1.54, 1.807) is 6.92 Å². The average Bonchev–Trinajstić information content (AvgIpc) is 2.10. The summed E-state index contributed by atoms with van der Waals surface area (Å²) in [7, 11) is -3.75. The first-order chi connectivity index (χ1) is 8.63. The number of benzene rings is 1. The molecule has 0 saturated carbocycles. The van der Waals surface area contributed by atoms with Gasteiger partial charge < -0.3 is 5.73 Å². The predicted molar refractivity (Wildman–Crippen MR) is 80.1 cm³/mol. The van der Waals surface area contributed by atoms with Crippen molar-refractivity contribution in [3.05, 3.63) is 22.2 Å². The first-order valence-electron chi connectivity index (χ1n) is 5.90. The molecule has 0 heterocycles. The standard InChI is InChI=1S/C12H18Cl2N2O2S/c1-7(2)4-8(3)16-19(17,18)12-10(14)5-9(13)6-11(12)15/h5-8,16H,4,15H2,1-3H3. The second kappa shape index (κ2) is 6.31. The van der Waals surface area contributed by atoms with Crippen molar-refractivity contribution in [1.29, 1.82) is 0 Å². The lowest BCUT2D eigenvalue weighted by molar-refractivity contribution is 0.482. The van der Waals surface area contributed by atoms with Gasteiger partial charge in [0.1, 0.15) is 4.90 Å². The van der Waals surface area contributed by atoms with Crippen LogP contribution < -0.4 is 10.5 Å². The van der Waals surface area contributed by atoms with Crippen molar-refractivity contribution < 1.29 is 8.42 Å². The molecule has 108 valence electrons. The predicted octanol–water partition coefficient (Wildman–Crippen LogP) is 3.29. The summed E-state index contributed by atoms with van der Waals surface area (Å²) in [5, 5.41) is 0.325. The zero-order valence-electron chi connectivity index (χ0n) is 11.1. The number of hydrogen-bond donors (Lipinski definition) is 2. The Hall–Kier alpha value is -0.490. The largest absolute Gasteiger partial charge is 0.398 e. The van der Waals surface area contributed by atoms with Crippen molar-refractivity contribution in [2.75, 3.05) is 5.73 Å². The second-order valence-electron chi connectivity index (χ2n) is 4.96. The van der Waals surface area contributed by atoms with Crippen LogP contribution in [0.2, 0.25) is 10.0 Å². The minimum absolute atomic E-state index is 0.0225. The molecule has 19 heavy (non-hydrogen) atoms. The Morgan fingerprint density at radius 1 is 1.26 bits per heavy atom. The van der Waals surface area contributed by atoms with Crippen molar-refractivity contribution in [1.82, 2.24) is 4.72 Å². The van der Waals surface area contributed by atoms with E-state index in [0.717, 1.165) is 6.42 Å². The van der Waals surface area contributed by atoms with Gasteiger partial charge in [-0.15, -0.1) is 0 Å². The van der Waals surface area contributed by atoms with E-state index >= 15 is 0 Å². The minimum atomic E-state index is -3.75. The van der Waals surface area contributed by atoms with E-state index in [0.29, 0.717) is 10.9 Å². The van der Waals surface area contributed by atoms with Crippen LogP contribution in [0.25, 0.3) is 0 Å². The van der Waals surface area contributed by atoms with Gasteiger partial charge in [0.05, 0.1) is 10.7 Å². The second-order valence-corrected chi connectivity index (χ2v) is 7.45. The minimum Gasteiger partial charge on any atom is -0.398 e. The Morgan fingerprint density at radius 2 is 1.84 bits per heavy atom. The molecule has 0 aliphatic heterocycles. The fourth-order valence-corrected chi connectivity index (χ4v) is 4.19. The van der Waals surface area contributed by atoms with Gasteiger partial charge in [-0.3, -0.25) is 0 Å². The van der Waals surface area contributed by atoms with E-state index < -0.39 is 10.0 Å². The van der Waals surface area contributed by atoms with Gasteiger partial charge in [-0.05, 0) is 31.4 Å². The SMILES string of the molecule is CC(C)CC(C)NS(=O)(=O)c1c(N)cc(Cl)cc1Cl. The van der Waals surface area contributed by atoms with E-state index in [-0.39, 0.29) is 21.6 Å². The highest BCUT2D eigenvalue weighted by Gasteiger charge is 2.24. The smallest absolute Gasteiger partial charge is 0.244 e. The van der Waals surface area contributed by atoms with Crippen molar-refractivity contribution in [2.45, 2.75) is 38.1 Å². The van der Waals surface area contributed by atoms with E-state index in [2.05, 4.69) is 4.72 Å². The third kappa shape index (κ3) is 4.53. The number of rotatable bonds is 5. The summed E-state index contributed by atoms with van der Waals surface area (Å²) in [6, 6.07) is 2.53. The highest BCUT2D eigenvalue weighted by Crippen LogP contribution is 2.31. The maximum atomic E-state index is 12.3. The maximum Gasteiger partial charge on any atom is 0.244 e. The summed E-state index contributed by atoms with van der Waals surface area (Å²) < 4.78 is 27.1. The van der Waals surface area contributed by atoms with Gasteiger partial charge in [0, 0.05) is 11.1 Å². The van der Waals surface area contributed by atoms with E-state index in [9.17, 15) is 8.42 Å². The summed E-state index contributed by atoms with van der Waals surface area (Å²) in [4.78, 5) is -0.117. The number of nitrogens with one attached hydrogen (secondary N) is 1. The number of nitrogens with two attached hydrogens (primary N) is 1. The fourth-order valence-electron chi connectivity index (χ4n) is 1.94. The van der Waals surface area contributed by atoms with Crippen LogP contribution in [0.4, 0.5) is 5.69 Å². The van der Waals surface area contributed by atoms with Gasteiger partial charge >= 0.3 is 0 Å². The van der Waals surface area contributed by atoms with Crippen LogP contribution in [0, 0.1) is 5.92 Å². The van der Waals surface area contributed by atoms with Crippen LogP contribution in [-0.4, -0.2) is 14.5 Å². The molecular formula is C12H18Cl2N2O2S. The van der Waals surface area contributed by atoms with Crippen LogP contribution in [0.1, 0.15) is 27.2 Å². The lowest BCUT2D eigenvalue weighted by atomic mass is 10.1. The van der Waals surface area contributed by atoms with Crippen LogP contribution in [-0.2, 0) is 10.0 Å². The van der Waals surface area contributed by atoms with Gasteiger partial charge in [-0.25, -0.2) is 13.1 Å². The Kier molecular flexibility index (Phi) is 5.50. The molecule has 1 atom stereocenters. The van der Waals surface area contributed by atoms with Crippen molar-refractivity contribution in [2.24, 2.45) is 5.92 Å². The summed E-state index contributed by atoms with van der Waals surface area (Å²) in [5.74, 6) is 0.385. The van der Waals surface area contributed by atoms with E-state index in [1.165, 1.54) is 12.1 Å². The van der Waals surface area contributed by atoms with Gasteiger partial charge in [0.2, 0.25) is 10.0 Å². The third-order valence-electron chi connectivity index (χ3n) is 2.49. The molecule has 1 aromatic carbocycles. The quantitative estimate of drug-likeness (QED) is 0.816. The Labute approximate surface area is 124 Å². The molecule has 1 unspecified atom stereocenters. The summed E-state index contributed by atoms with van der Waals surface area (Å²) in [5.41, 5.74) is 5.74. The van der Waals surface area contributed by atoms with E-state index in [4.69, 9.17) is 28.9 Å².